The summed E-state index contributed by atoms with van der Waals surface area (Å²) in [6, 6.07) is 4.16. The Hall–Kier alpha value is -0.930. The molecule has 17 heavy (non-hydrogen) atoms. The lowest BCUT2D eigenvalue weighted by atomic mass is 9.92. The van der Waals surface area contributed by atoms with E-state index in [-0.39, 0.29) is 6.10 Å². The van der Waals surface area contributed by atoms with Crippen LogP contribution in [0.5, 0.6) is 0 Å². The maximum absolute atomic E-state index is 9.57. The predicted octanol–water partition coefficient (Wildman–Crippen LogP) is 1.98. The van der Waals surface area contributed by atoms with Crippen LogP contribution in [0.2, 0.25) is 0 Å². The van der Waals surface area contributed by atoms with Gasteiger partial charge in [0.05, 0.1) is 6.10 Å². The van der Waals surface area contributed by atoms with E-state index in [1.807, 2.05) is 19.2 Å². The lowest BCUT2D eigenvalue weighted by Gasteiger charge is -2.33. The van der Waals surface area contributed by atoms with Gasteiger partial charge in [0.15, 0.2) is 0 Å². The molecule has 2 rings (SSSR count). The van der Waals surface area contributed by atoms with E-state index in [4.69, 9.17) is 0 Å². The summed E-state index contributed by atoms with van der Waals surface area (Å²) in [5.74, 6) is 0.487. The van der Waals surface area contributed by atoms with Gasteiger partial charge in [-0.05, 0) is 57.3 Å². The van der Waals surface area contributed by atoms with Crippen LogP contribution in [0.4, 0.5) is 0 Å². The van der Waals surface area contributed by atoms with E-state index >= 15 is 0 Å². The first-order chi connectivity index (χ1) is 8.16. The Morgan fingerprint density at radius 3 is 2.76 bits per heavy atom. The fourth-order valence-corrected chi connectivity index (χ4v) is 2.52. The third kappa shape index (κ3) is 3.27. The van der Waals surface area contributed by atoms with Crippen molar-refractivity contribution < 1.29 is 5.11 Å². The van der Waals surface area contributed by atoms with Crippen LogP contribution in [0.1, 0.15) is 31.0 Å². The summed E-state index contributed by atoms with van der Waals surface area (Å²) in [6.45, 7) is 7.14. The Morgan fingerprint density at radius 1 is 1.47 bits per heavy atom. The minimum absolute atomic E-state index is 0.155. The monoisotopic (exact) mass is 234 g/mol. The maximum atomic E-state index is 9.57. The topological polar surface area (TPSA) is 36.4 Å². The molecule has 1 saturated heterocycles. The summed E-state index contributed by atoms with van der Waals surface area (Å²) in [6.07, 6.45) is 3.91. The number of aliphatic hydroxyl groups is 1. The van der Waals surface area contributed by atoms with Gasteiger partial charge in [-0.15, -0.1) is 0 Å². The molecule has 1 aliphatic heterocycles. The van der Waals surface area contributed by atoms with Crippen LogP contribution in [-0.4, -0.2) is 34.2 Å². The number of hydrogen-bond acceptors (Lipinski definition) is 3. The van der Waals surface area contributed by atoms with E-state index in [1.165, 1.54) is 5.56 Å². The summed E-state index contributed by atoms with van der Waals surface area (Å²) >= 11 is 0. The third-order valence-electron chi connectivity index (χ3n) is 3.82. The first-order valence-electron chi connectivity index (χ1n) is 6.47. The van der Waals surface area contributed by atoms with Gasteiger partial charge in [-0.3, -0.25) is 9.88 Å². The van der Waals surface area contributed by atoms with Crippen molar-refractivity contribution in [2.24, 2.45) is 5.92 Å². The summed E-state index contributed by atoms with van der Waals surface area (Å²) in [5, 5.41) is 9.57. The number of aryl methyl sites for hydroxylation is 1. The van der Waals surface area contributed by atoms with Crippen molar-refractivity contribution in [2.75, 3.05) is 13.1 Å². The number of nitrogens with zero attached hydrogens (tertiary/aromatic N) is 2. The van der Waals surface area contributed by atoms with Gasteiger partial charge in [-0.25, -0.2) is 0 Å². The molecule has 1 unspecified atom stereocenters. The van der Waals surface area contributed by atoms with Gasteiger partial charge in [0.25, 0.3) is 0 Å². The Balaban J connectivity index is 1.88. The van der Waals surface area contributed by atoms with E-state index in [0.717, 1.165) is 38.2 Å². The van der Waals surface area contributed by atoms with Crippen molar-refractivity contribution in [3.8, 4) is 0 Å². The van der Waals surface area contributed by atoms with Crippen LogP contribution >= 0.6 is 0 Å². The van der Waals surface area contributed by atoms with Crippen LogP contribution in [-0.2, 0) is 6.54 Å². The molecule has 0 aliphatic carbocycles. The molecular formula is C14H22N2O. The molecule has 1 N–H and O–H groups in total. The SMILES string of the molecule is Cc1ncccc1CN1CCC(C(C)O)CC1. The Labute approximate surface area is 103 Å². The predicted molar refractivity (Wildman–Crippen MR) is 68.7 cm³/mol. The van der Waals surface area contributed by atoms with E-state index in [0.29, 0.717) is 5.92 Å². The minimum Gasteiger partial charge on any atom is -0.393 e. The molecular weight excluding hydrogens is 212 g/mol. The normalized spacial score (nSPS) is 20.4. The second-order valence-electron chi connectivity index (χ2n) is 5.10. The van der Waals surface area contributed by atoms with Gasteiger partial charge >= 0.3 is 0 Å². The highest BCUT2D eigenvalue weighted by Gasteiger charge is 2.22. The fourth-order valence-electron chi connectivity index (χ4n) is 2.52. The van der Waals surface area contributed by atoms with Gasteiger partial charge < -0.3 is 5.11 Å². The van der Waals surface area contributed by atoms with Crippen molar-refractivity contribution >= 4 is 0 Å². The van der Waals surface area contributed by atoms with Crippen molar-refractivity contribution in [3.05, 3.63) is 29.6 Å². The summed E-state index contributed by atoms with van der Waals surface area (Å²) in [5.41, 5.74) is 2.45. The minimum atomic E-state index is -0.155. The molecule has 0 spiro atoms. The average molecular weight is 234 g/mol. The molecule has 0 saturated carbocycles. The highest BCUT2D eigenvalue weighted by molar-refractivity contribution is 5.18. The molecule has 0 aromatic carbocycles. The maximum Gasteiger partial charge on any atom is 0.0541 e. The second-order valence-corrected chi connectivity index (χ2v) is 5.10. The number of hydrogen-bond donors (Lipinski definition) is 1. The van der Waals surface area contributed by atoms with Gasteiger partial charge in [0, 0.05) is 18.4 Å². The van der Waals surface area contributed by atoms with Crippen LogP contribution in [0, 0.1) is 12.8 Å². The third-order valence-corrected chi connectivity index (χ3v) is 3.82. The van der Waals surface area contributed by atoms with Crippen LogP contribution in [0.15, 0.2) is 18.3 Å². The number of aliphatic hydroxyl groups excluding tert-OH is 1. The summed E-state index contributed by atoms with van der Waals surface area (Å²) in [7, 11) is 0. The van der Waals surface area contributed by atoms with Crippen molar-refractivity contribution in [1.29, 1.82) is 0 Å². The first kappa shape index (κ1) is 12.5. The Kier molecular flexibility index (Phi) is 4.13. The Bertz CT molecular complexity index is 357. The zero-order valence-corrected chi connectivity index (χ0v) is 10.8. The largest absolute Gasteiger partial charge is 0.393 e. The molecule has 0 amide bonds. The molecule has 1 aromatic rings. The smallest absolute Gasteiger partial charge is 0.0541 e. The van der Waals surface area contributed by atoms with E-state index in [1.54, 1.807) is 0 Å². The number of aromatic nitrogens is 1. The zero-order valence-electron chi connectivity index (χ0n) is 10.8. The van der Waals surface area contributed by atoms with Gasteiger partial charge in [0.1, 0.15) is 0 Å². The van der Waals surface area contributed by atoms with Gasteiger partial charge in [-0.2, -0.15) is 0 Å². The summed E-state index contributed by atoms with van der Waals surface area (Å²) in [4.78, 5) is 6.78. The second kappa shape index (κ2) is 5.61. The highest BCUT2D eigenvalue weighted by Crippen LogP contribution is 2.22. The highest BCUT2D eigenvalue weighted by atomic mass is 16.3. The van der Waals surface area contributed by atoms with Gasteiger partial charge in [0.2, 0.25) is 0 Å². The van der Waals surface area contributed by atoms with E-state index in [9.17, 15) is 5.11 Å². The van der Waals surface area contributed by atoms with Crippen LogP contribution in [0.25, 0.3) is 0 Å². The lowest BCUT2D eigenvalue weighted by molar-refractivity contribution is 0.0694. The number of pyridine rings is 1. The molecule has 1 aromatic heterocycles. The number of rotatable bonds is 3. The molecule has 1 atom stereocenters. The molecule has 0 radical (unpaired) electrons. The molecule has 94 valence electrons. The first-order valence-corrected chi connectivity index (χ1v) is 6.47. The van der Waals surface area contributed by atoms with Crippen LogP contribution in [0.3, 0.4) is 0 Å². The quantitative estimate of drug-likeness (QED) is 0.869. The van der Waals surface area contributed by atoms with Crippen molar-refractivity contribution in [1.82, 2.24) is 9.88 Å². The van der Waals surface area contributed by atoms with E-state index < -0.39 is 0 Å². The zero-order chi connectivity index (χ0) is 12.3. The average Bonchev–Trinajstić information content (AvgIpc) is 2.33. The fraction of sp³-hybridized carbons (Fsp3) is 0.643. The van der Waals surface area contributed by atoms with Crippen LogP contribution < -0.4 is 0 Å². The lowest BCUT2D eigenvalue weighted by Crippen LogP contribution is -2.36. The summed E-state index contributed by atoms with van der Waals surface area (Å²) < 4.78 is 0. The van der Waals surface area contributed by atoms with E-state index in [2.05, 4.69) is 22.9 Å². The molecule has 3 nitrogen and oxygen atoms in total. The van der Waals surface area contributed by atoms with Crippen molar-refractivity contribution in [3.63, 3.8) is 0 Å². The number of likely N-dealkylation sites (tertiary alicyclic amines) is 1. The molecule has 2 heterocycles. The molecule has 1 fully saturated rings. The molecule has 3 heteroatoms. The van der Waals surface area contributed by atoms with Crippen molar-refractivity contribution in [2.45, 2.75) is 39.3 Å². The Morgan fingerprint density at radius 2 is 2.18 bits per heavy atom. The molecule has 0 bridgehead atoms. The van der Waals surface area contributed by atoms with Gasteiger partial charge in [-0.1, -0.05) is 6.07 Å². The standard InChI is InChI=1S/C14H22N2O/c1-11-14(4-3-7-15-11)10-16-8-5-13(6-9-16)12(2)17/h3-4,7,12-13,17H,5-6,8-10H2,1-2H3. The number of piperidine rings is 1. The molecule has 1 aliphatic rings.